The topological polar surface area (TPSA) is 64.1 Å². The Bertz CT molecular complexity index is 663. The van der Waals surface area contributed by atoms with Crippen LogP contribution in [0.25, 0.3) is 0 Å². The monoisotopic (exact) mass is 289 g/mol. The van der Waals surface area contributed by atoms with Crippen LogP contribution >= 0.6 is 0 Å². The molecule has 3 heteroatoms. The van der Waals surface area contributed by atoms with Gasteiger partial charge in [-0.15, -0.1) is 0 Å². The van der Waals surface area contributed by atoms with Gasteiger partial charge in [-0.2, -0.15) is 0 Å². The number of hydrogen-bond donors (Lipinski definition) is 3. The van der Waals surface area contributed by atoms with Gasteiger partial charge in [-0.1, -0.05) is 24.3 Å². The molecular weight excluding hydrogens is 270 g/mol. The molecule has 0 aromatic heterocycles. The minimum absolute atomic E-state index is 0.768. The van der Waals surface area contributed by atoms with E-state index in [0.717, 1.165) is 29.2 Å². The first-order chi connectivity index (χ1) is 10.7. The number of anilines is 4. The van der Waals surface area contributed by atoms with Gasteiger partial charge < -0.3 is 16.8 Å². The highest BCUT2D eigenvalue weighted by Crippen LogP contribution is 2.19. The second-order valence-corrected chi connectivity index (χ2v) is 5.36. The lowest BCUT2D eigenvalue weighted by Crippen LogP contribution is -1.93. The molecule has 0 saturated carbocycles. The molecule has 0 unspecified atom stereocenters. The minimum Gasteiger partial charge on any atom is -0.399 e. The van der Waals surface area contributed by atoms with Crippen molar-refractivity contribution in [3.8, 4) is 0 Å². The summed E-state index contributed by atoms with van der Waals surface area (Å²) in [6, 6.07) is 24.2. The maximum absolute atomic E-state index is 5.71. The molecule has 22 heavy (non-hydrogen) atoms. The fourth-order valence-electron chi connectivity index (χ4n) is 2.31. The van der Waals surface area contributed by atoms with Gasteiger partial charge in [0.1, 0.15) is 0 Å². The van der Waals surface area contributed by atoms with E-state index < -0.39 is 0 Å². The SMILES string of the molecule is Nc1ccc(Cc2ccc(Nc3ccc(N)cc3)cc2)cc1. The molecule has 5 N–H and O–H groups in total. The summed E-state index contributed by atoms with van der Waals surface area (Å²) in [5, 5.41) is 3.36. The average molecular weight is 289 g/mol. The van der Waals surface area contributed by atoms with Gasteiger partial charge in [-0.05, 0) is 66.1 Å². The molecule has 0 bridgehead atoms. The molecule has 0 fully saturated rings. The van der Waals surface area contributed by atoms with Gasteiger partial charge in [0.25, 0.3) is 0 Å². The number of benzene rings is 3. The van der Waals surface area contributed by atoms with E-state index in [1.54, 1.807) is 0 Å². The number of nitrogen functional groups attached to an aromatic ring is 2. The zero-order valence-corrected chi connectivity index (χ0v) is 12.3. The summed E-state index contributed by atoms with van der Waals surface area (Å²) >= 11 is 0. The molecule has 0 heterocycles. The Morgan fingerprint density at radius 1 is 0.545 bits per heavy atom. The summed E-state index contributed by atoms with van der Waals surface area (Å²) in [6.45, 7) is 0. The molecule has 0 aliphatic carbocycles. The molecule has 0 spiro atoms. The smallest absolute Gasteiger partial charge is 0.0385 e. The van der Waals surface area contributed by atoms with Crippen molar-refractivity contribution in [2.24, 2.45) is 0 Å². The normalized spacial score (nSPS) is 10.4. The van der Waals surface area contributed by atoms with Crippen LogP contribution in [0.3, 0.4) is 0 Å². The van der Waals surface area contributed by atoms with E-state index in [2.05, 4.69) is 41.7 Å². The molecule has 0 amide bonds. The van der Waals surface area contributed by atoms with Gasteiger partial charge in [0.2, 0.25) is 0 Å². The largest absolute Gasteiger partial charge is 0.399 e. The second kappa shape index (κ2) is 6.22. The van der Waals surface area contributed by atoms with Gasteiger partial charge in [-0.25, -0.2) is 0 Å². The summed E-state index contributed by atoms with van der Waals surface area (Å²) < 4.78 is 0. The van der Waals surface area contributed by atoms with Crippen LogP contribution in [0.1, 0.15) is 11.1 Å². The Kier molecular flexibility index (Phi) is 3.97. The Labute approximate surface area is 130 Å². The second-order valence-electron chi connectivity index (χ2n) is 5.36. The molecule has 110 valence electrons. The molecule has 0 saturated heterocycles. The third kappa shape index (κ3) is 3.58. The quantitative estimate of drug-likeness (QED) is 0.631. The van der Waals surface area contributed by atoms with Crippen LogP contribution in [0, 0.1) is 0 Å². The fourth-order valence-corrected chi connectivity index (χ4v) is 2.31. The highest BCUT2D eigenvalue weighted by atomic mass is 14.9. The summed E-state index contributed by atoms with van der Waals surface area (Å²) in [7, 11) is 0. The fraction of sp³-hybridized carbons (Fsp3) is 0.0526. The Morgan fingerprint density at radius 2 is 0.909 bits per heavy atom. The van der Waals surface area contributed by atoms with Gasteiger partial charge >= 0.3 is 0 Å². The molecular formula is C19H19N3. The highest BCUT2D eigenvalue weighted by Gasteiger charge is 1.98. The first-order valence-electron chi connectivity index (χ1n) is 7.25. The predicted molar refractivity (Wildman–Crippen MR) is 94.2 cm³/mol. The van der Waals surface area contributed by atoms with E-state index >= 15 is 0 Å². The van der Waals surface area contributed by atoms with E-state index in [1.165, 1.54) is 11.1 Å². The third-order valence-electron chi connectivity index (χ3n) is 3.54. The molecule has 0 aliphatic heterocycles. The van der Waals surface area contributed by atoms with Crippen molar-refractivity contribution < 1.29 is 0 Å². The number of nitrogens with one attached hydrogen (secondary N) is 1. The zero-order valence-electron chi connectivity index (χ0n) is 12.3. The van der Waals surface area contributed by atoms with Crippen LogP contribution in [-0.2, 0) is 6.42 Å². The van der Waals surface area contributed by atoms with Crippen LogP contribution in [0.4, 0.5) is 22.7 Å². The van der Waals surface area contributed by atoms with Crippen molar-refractivity contribution in [1.82, 2.24) is 0 Å². The van der Waals surface area contributed by atoms with Gasteiger partial charge in [0, 0.05) is 22.7 Å². The molecule has 3 aromatic rings. The third-order valence-corrected chi connectivity index (χ3v) is 3.54. The van der Waals surface area contributed by atoms with Gasteiger partial charge in [-0.3, -0.25) is 0 Å². The lowest BCUT2D eigenvalue weighted by atomic mass is 10.0. The first kappa shape index (κ1) is 14.0. The van der Waals surface area contributed by atoms with Crippen molar-refractivity contribution in [2.75, 3.05) is 16.8 Å². The van der Waals surface area contributed by atoms with Crippen LogP contribution in [0.2, 0.25) is 0 Å². The van der Waals surface area contributed by atoms with E-state index in [1.807, 2.05) is 36.4 Å². The number of nitrogens with two attached hydrogens (primary N) is 2. The summed E-state index contributed by atoms with van der Waals surface area (Å²) in [5.41, 5.74) is 17.6. The molecule has 3 nitrogen and oxygen atoms in total. The lowest BCUT2D eigenvalue weighted by Gasteiger charge is -2.08. The Morgan fingerprint density at radius 3 is 1.41 bits per heavy atom. The first-order valence-corrected chi connectivity index (χ1v) is 7.25. The standard InChI is InChI=1S/C19H19N3/c20-16-5-1-14(2-6-16)13-15-3-9-18(10-4-15)22-19-11-7-17(21)8-12-19/h1-12,22H,13,20-21H2. The van der Waals surface area contributed by atoms with Crippen molar-refractivity contribution in [1.29, 1.82) is 0 Å². The predicted octanol–water partition coefficient (Wildman–Crippen LogP) is 4.19. The van der Waals surface area contributed by atoms with Crippen molar-refractivity contribution >= 4 is 22.7 Å². The molecule has 0 radical (unpaired) electrons. The van der Waals surface area contributed by atoms with Crippen molar-refractivity contribution in [2.45, 2.75) is 6.42 Å². The van der Waals surface area contributed by atoms with E-state index in [9.17, 15) is 0 Å². The van der Waals surface area contributed by atoms with E-state index in [4.69, 9.17) is 11.5 Å². The molecule has 3 rings (SSSR count). The van der Waals surface area contributed by atoms with Crippen molar-refractivity contribution in [3.05, 3.63) is 83.9 Å². The Balaban J connectivity index is 1.67. The minimum atomic E-state index is 0.768. The van der Waals surface area contributed by atoms with Crippen molar-refractivity contribution in [3.63, 3.8) is 0 Å². The van der Waals surface area contributed by atoms with Crippen LogP contribution in [-0.4, -0.2) is 0 Å². The lowest BCUT2D eigenvalue weighted by molar-refractivity contribution is 1.19. The highest BCUT2D eigenvalue weighted by molar-refractivity contribution is 5.62. The molecule has 0 atom stereocenters. The summed E-state index contributed by atoms with van der Waals surface area (Å²) in [5.74, 6) is 0. The van der Waals surface area contributed by atoms with Crippen LogP contribution in [0.5, 0.6) is 0 Å². The number of rotatable bonds is 4. The van der Waals surface area contributed by atoms with Crippen LogP contribution in [0.15, 0.2) is 72.8 Å². The summed E-state index contributed by atoms with van der Waals surface area (Å²) in [4.78, 5) is 0. The van der Waals surface area contributed by atoms with Gasteiger partial charge in [0.15, 0.2) is 0 Å². The van der Waals surface area contributed by atoms with E-state index in [-0.39, 0.29) is 0 Å². The average Bonchev–Trinajstić information content (AvgIpc) is 2.54. The number of hydrogen-bond acceptors (Lipinski definition) is 3. The maximum atomic E-state index is 5.71. The Hall–Kier alpha value is -2.94. The zero-order chi connectivity index (χ0) is 15.4. The van der Waals surface area contributed by atoms with E-state index in [0.29, 0.717) is 0 Å². The molecule has 0 aliphatic rings. The van der Waals surface area contributed by atoms with Crippen LogP contribution < -0.4 is 16.8 Å². The van der Waals surface area contributed by atoms with Gasteiger partial charge in [0.05, 0.1) is 0 Å². The maximum Gasteiger partial charge on any atom is 0.0385 e. The molecule has 3 aromatic carbocycles. The summed E-state index contributed by atoms with van der Waals surface area (Å²) in [6.07, 6.45) is 0.905.